The number of aromatic nitrogens is 2. The van der Waals surface area contributed by atoms with E-state index in [0.29, 0.717) is 16.0 Å². The molecule has 2 aliphatic heterocycles. The number of aliphatic hydroxyl groups excluding tert-OH is 1. The number of piperidine rings is 2. The van der Waals surface area contributed by atoms with Gasteiger partial charge in [0, 0.05) is 51.3 Å². The highest BCUT2D eigenvalue weighted by Gasteiger charge is 2.44. The lowest BCUT2D eigenvalue weighted by atomic mass is 9.93. The fourth-order valence-electron chi connectivity index (χ4n) is 5.15. The molecule has 3 N–H and O–H groups in total. The zero-order valence-corrected chi connectivity index (χ0v) is 23.3. The summed E-state index contributed by atoms with van der Waals surface area (Å²) in [7, 11) is 0. The summed E-state index contributed by atoms with van der Waals surface area (Å²) < 4.78 is 48.7. The van der Waals surface area contributed by atoms with E-state index in [1.54, 1.807) is 4.90 Å². The molecular formula is C27H35F3N6O3S. The van der Waals surface area contributed by atoms with Crippen molar-refractivity contribution in [3.63, 3.8) is 0 Å². The standard InChI is InChI=1S/C27H35F3N6O3S/c1-18(16-37)34-40-23-14-20(35-10-6-26(4-5-26)7-11-35)19(15-31-23)25(38)33-22-3-2-21(39-17-28)24(32-22)36-12-8-27(29,30)9-13-36/h2-3,14-15,18,34,37H,4-13,16-17H2,1H3,(H,32,33,38)/t18-/m1/s1. The summed E-state index contributed by atoms with van der Waals surface area (Å²) in [5.41, 5.74) is 1.61. The van der Waals surface area contributed by atoms with Crippen LogP contribution in [0.5, 0.6) is 5.75 Å². The van der Waals surface area contributed by atoms with E-state index in [1.165, 1.54) is 43.1 Å². The molecule has 218 valence electrons. The van der Waals surface area contributed by atoms with Gasteiger partial charge in [0.1, 0.15) is 10.8 Å². The Morgan fingerprint density at radius 3 is 2.48 bits per heavy atom. The molecule has 0 bridgehead atoms. The Morgan fingerprint density at radius 1 is 1.12 bits per heavy atom. The Labute approximate surface area is 236 Å². The van der Waals surface area contributed by atoms with Crippen LogP contribution in [0, 0.1) is 5.41 Å². The third kappa shape index (κ3) is 6.74. The van der Waals surface area contributed by atoms with E-state index in [-0.39, 0.29) is 56.0 Å². The first-order valence-corrected chi connectivity index (χ1v) is 14.4. The van der Waals surface area contributed by atoms with Crippen molar-refractivity contribution in [3.05, 3.63) is 30.0 Å². The summed E-state index contributed by atoms with van der Waals surface area (Å²) in [4.78, 5) is 26.3. The van der Waals surface area contributed by atoms with E-state index >= 15 is 0 Å². The van der Waals surface area contributed by atoms with Crippen molar-refractivity contribution in [2.75, 3.05) is 54.8 Å². The van der Waals surface area contributed by atoms with E-state index in [9.17, 15) is 23.1 Å². The highest BCUT2D eigenvalue weighted by Crippen LogP contribution is 2.54. The number of anilines is 3. The number of aliphatic hydroxyl groups is 1. The van der Waals surface area contributed by atoms with E-state index in [1.807, 2.05) is 13.0 Å². The van der Waals surface area contributed by atoms with Crippen LogP contribution in [0.2, 0.25) is 0 Å². The number of halogens is 3. The molecule has 2 aromatic rings. The van der Waals surface area contributed by atoms with Crippen molar-refractivity contribution >= 4 is 35.2 Å². The molecule has 13 heteroatoms. The summed E-state index contributed by atoms with van der Waals surface area (Å²) in [6.45, 7) is 2.50. The van der Waals surface area contributed by atoms with E-state index in [0.717, 1.165) is 31.6 Å². The first-order chi connectivity index (χ1) is 19.2. The minimum Gasteiger partial charge on any atom is -0.459 e. The van der Waals surface area contributed by atoms with Crippen molar-refractivity contribution in [2.45, 2.75) is 62.4 Å². The van der Waals surface area contributed by atoms with Gasteiger partial charge in [-0.3, -0.25) is 9.52 Å². The number of carbonyl (C=O) groups excluding carboxylic acids is 1. The molecule has 1 spiro atoms. The summed E-state index contributed by atoms with van der Waals surface area (Å²) in [6.07, 6.45) is 5.53. The number of hydrogen-bond donors (Lipinski definition) is 3. The number of amides is 1. The van der Waals surface area contributed by atoms with Crippen LogP contribution in [0.1, 0.15) is 55.8 Å². The number of nitrogens with one attached hydrogen (secondary N) is 2. The Morgan fingerprint density at radius 2 is 1.82 bits per heavy atom. The maximum atomic E-state index is 13.7. The molecule has 4 heterocycles. The van der Waals surface area contributed by atoms with Gasteiger partial charge in [-0.25, -0.2) is 23.1 Å². The number of pyridine rings is 2. The van der Waals surface area contributed by atoms with Crippen molar-refractivity contribution in [3.8, 4) is 5.75 Å². The molecule has 5 rings (SSSR count). The monoisotopic (exact) mass is 580 g/mol. The molecule has 1 saturated carbocycles. The highest BCUT2D eigenvalue weighted by atomic mass is 32.2. The quantitative estimate of drug-likeness (QED) is 0.347. The summed E-state index contributed by atoms with van der Waals surface area (Å²) >= 11 is 1.30. The number of ether oxygens (including phenoxy) is 1. The van der Waals surface area contributed by atoms with Crippen molar-refractivity contribution in [2.24, 2.45) is 5.41 Å². The van der Waals surface area contributed by atoms with E-state index in [2.05, 4.69) is 24.9 Å². The molecular weight excluding hydrogens is 545 g/mol. The van der Waals surface area contributed by atoms with E-state index in [4.69, 9.17) is 4.74 Å². The predicted molar refractivity (Wildman–Crippen MR) is 148 cm³/mol. The lowest BCUT2D eigenvalue weighted by Crippen LogP contribution is -2.40. The van der Waals surface area contributed by atoms with Gasteiger partial charge >= 0.3 is 0 Å². The molecule has 0 aromatic carbocycles. The molecule has 3 aliphatic rings. The highest BCUT2D eigenvalue weighted by molar-refractivity contribution is 7.97. The second kappa shape index (κ2) is 12.0. The molecule has 1 amide bonds. The zero-order chi connectivity index (χ0) is 28.3. The fraction of sp³-hybridized carbons (Fsp3) is 0.593. The third-order valence-corrected chi connectivity index (χ3v) is 8.90. The minimum absolute atomic E-state index is 0.0153. The lowest BCUT2D eigenvalue weighted by molar-refractivity contribution is -0.0222. The normalized spacial score (nSPS) is 20.3. The number of rotatable bonds is 10. The zero-order valence-electron chi connectivity index (χ0n) is 22.5. The van der Waals surface area contributed by atoms with Crippen molar-refractivity contribution < 1.29 is 27.8 Å². The van der Waals surface area contributed by atoms with Crippen LogP contribution in [0.15, 0.2) is 29.4 Å². The Hall–Kier alpha value is -2.77. The Kier molecular flexibility index (Phi) is 8.62. The fourth-order valence-corrected chi connectivity index (χ4v) is 5.82. The summed E-state index contributed by atoms with van der Waals surface area (Å²) in [5, 5.41) is 12.8. The first kappa shape index (κ1) is 28.7. The topological polar surface area (TPSA) is 103 Å². The van der Waals surface area contributed by atoms with Gasteiger partial charge in [0.2, 0.25) is 6.86 Å². The molecule has 3 fully saturated rings. The average Bonchev–Trinajstić information content (AvgIpc) is 3.71. The predicted octanol–water partition coefficient (Wildman–Crippen LogP) is 4.63. The molecule has 0 radical (unpaired) electrons. The van der Waals surface area contributed by atoms with Crippen LogP contribution in [0.3, 0.4) is 0 Å². The van der Waals surface area contributed by atoms with Gasteiger partial charge in [-0.15, -0.1) is 0 Å². The van der Waals surface area contributed by atoms with Crippen molar-refractivity contribution in [1.29, 1.82) is 0 Å². The summed E-state index contributed by atoms with van der Waals surface area (Å²) in [6, 6.07) is 4.74. The van der Waals surface area contributed by atoms with Gasteiger partial charge in [-0.05, 0) is 68.2 Å². The molecule has 1 aliphatic carbocycles. The second-order valence-electron chi connectivity index (χ2n) is 10.9. The number of alkyl halides is 3. The van der Waals surface area contributed by atoms with Gasteiger partial charge < -0.3 is 25.0 Å². The van der Waals surface area contributed by atoms with Gasteiger partial charge in [-0.1, -0.05) is 0 Å². The van der Waals surface area contributed by atoms with Gasteiger partial charge in [0.15, 0.2) is 11.6 Å². The number of nitrogens with zero attached hydrogens (tertiary/aromatic N) is 4. The SMILES string of the molecule is C[C@H](CO)NSc1cc(N2CCC3(CC2)CC3)c(C(=O)Nc2ccc(OCF)c(N3CCC(F)(F)CC3)n2)cn1. The molecule has 1 atom stereocenters. The minimum atomic E-state index is -2.75. The van der Waals surface area contributed by atoms with Gasteiger partial charge in [0.25, 0.3) is 11.8 Å². The van der Waals surface area contributed by atoms with Gasteiger partial charge in [-0.2, -0.15) is 0 Å². The van der Waals surface area contributed by atoms with E-state index < -0.39 is 18.7 Å². The second-order valence-corrected chi connectivity index (χ2v) is 11.8. The van der Waals surface area contributed by atoms with Gasteiger partial charge in [0.05, 0.1) is 17.9 Å². The maximum Gasteiger partial charge on any atom is 0.260 e. The molecule has 9 nitrogen and oxygen atoms in total. The Bertz CT molecular complexity index is 1200. The molecule has 40 heavy (non-hydrogen) atoms. The van der Waals surface area contributed by atoms with Crippen LogP contribution >= 0.6 is 11.9 Å². The van der Waals surface area contributed by atoms with Crippen LogP contribution in [-0.4, -0.2) is 72.6 Å². The van der Waals surface area contributed by atoms with Crippen LogP contribution in [0.4, 0.5) is 30.5 Å². The molecule has 2 saturated heterocycles. The third-order valence-electron chi connectivity index (χ3n) is 7.95. The van der Waals surface area contributed by atoms with Crippen LogP contribution in [-0.2, 0) is 0 Å². The largest absolute Gasteiger partial charge is 0.459 e. The molecule has 2 aromatic heterocycles. The summed E-state index contributed by atoms with van der Waals surface area (Å²) in [5.74, 6) is -2.63. The van der Waals surface area contributed by atoms with Crippen LogP contribution < -0.4 is 24.6 Å². The first-order valence-electron chi connectivity index (χ1n) is 13.6. The number of hydrogen-bond acceptors (Lipinski definition) is 9. The lowest BCUT2D eigenvalue weighted by Gasteiger charge is -2.35. The maximum absolute atomic E-state index is 13.7. The average molecular weight is 581 g/mol. The van der Waals surface area contributed by atoms with Crippen LogP contribution in [0.25, 0.3) is 0 Å². The van der Waals surface area contributed by atoms with Crippen molar-refractivity contribution in [1.82, 2.24) is 14.7 Å². The smallest absolute Gasteiger partial charge is 0.260 e. The molecule has 0 unspecified atom stereocenters. The Balaban J connectivity index is 1.37. The number of carbonyl (C=O) groups is 1.